The lowest BCUT2D eigenvalue weighted by molar-refractivity contribution is -0.139. The van der Waals surface area contributed by atoms with E-state index in [2.05, 4.69) is 5.32 Å². The molecule has 0 radical (unpaired) electrons. The first kappa shape index (κ1) is 15.2. The van der Waals surface area contributed by atoms with Crippen LogP contribution in [0.5, 0.6) is 0 Å². The molecule has 0 aliphatic heterocycles. The van der Waals surface area contributed by atoms with E-state index >= 15 is 0 Å². The number of methoxy groups -OCH3 is 1. The van der Waals surface area contributed by atoms with E-state index in [1.165, 1.54) is 7.11 Å². The number of hydrogen-bond acceptors (Lipinski definition) is 3. The number of carbonyl (C=O) groups excluding carboxylic acids is 1. The minimum atomic E-state index is -0.952. The van der Waals surface area contributed by atoms with Crippen molar-refractivity contribution in [3.05, 3.63) is 35.4 Å². The van der Waals surface area contributed by atoms with Gasteiger partial charge in [0.05, 0.1) is 5.56 Å². The Morgan fingerprint density at radius 3 is 2.63 bits per heavy atom. The molecule has 5 heteroatoms. The lowest BCUT2D eigenvalue weighted by Gasteiger charge is -2.21. The first-order valence-electron chi connectivity index (χ1n) is 6.02. The molecule has 0 fully saturated rings. The van der Waals surface area contributed by atoms with Crippen LogP contribution in [0.1, 0.15) is 29.8 Å². The van der Waals surface area contributed by atoms with Crippen molar-refractivity contribution >= 4 is 11.9 Å². The van der Waals surface area contributed by atoms with Crippen molar-refractivity contribution in [2.24, 2.45) is 0 Å². The normalized spacial score (nSPS) is 11.1. The van der Waals surface area contributed by atoms with Gasteiger partial charge in [-0.25, -0.2) is 4.79 Å². The van der Waals surface area contributed by atoms with Gasteiger partial charge >= 0.3 is 5.97 Å². The van der Waals surface area contributed by atoms with Crippen LogP contribution in [0, 0.1) is 0 Å². The van der Waals surface area contributed by atoms with Crippen LogP contribution in [0.15, 0.2) is 24.3 Å². The Labute approximate surface area is 112 Å². The zero-order valence-corrected chi connectivity index (χ0v) is 11.4. The molecule has 1 aromatic rings. The zero-order valence-electron chi connectivity index (χ0n) is 11.4. The van der Waals surface area contributed by atoms with Gasteiger partial charge in [0, 0.05) is 13.7 Å². The number of hydrogen-bond donors (Lipinski definition) is 2. The summed E-state index contributed by atoms with van der Waals surface area (Å²) in [5.41, 5.74) is 0.264. The summed E-state index contributed by atoms with van der Waals surface area (Å²) in [7, 11) is 1.48. The first-order chi connectivity index (χ1) is 8.86. The molecule has 0 bridgehead atoms. The van der Waals surface area contributed by atoms with Crippen LogP contribution in [-0.4, -0.2) is 36.2 Å². The Morgan fingerprint density at radius 1 is 1.37 bits per heavy atom. The van der Waals surface area contributed by atoms with Crippen molar-refractivity contribution in [2.45, 2.75) is 25.9 Å². The second-order valence-corrected chi connectivity index (χ2v) is 4.73. The Balaban J connectivity index is 2.52. The van der Waals surface area contributed by atoms with Crippen molar-refractivity contribution in [2.75, 3.05) is 13.7 Å². The summed E-state index contributed by atoms with van der Waals surface area (Å²) in [6, 6.07) is 6.67. The van der Waals surface area contributed by atoms with Crippen LogP contribution in [0.3, 0.4) is 0 Å². The van der Waals surface area contributed by atoms with Crippen molar-refractivity contribution in [1.82, 2.24) is 5.32 Å². The average Bonchev–Trinajstić information content (AvgIpc) is 2.38. The van der Waals surface area contributed by atoms with Gasteiger partial charge in [-0.1, -0.05) is 12.1 Å². The predicted molar refractivity (Wildman–Crippen MR) is 71.2 cm³/mol. The summed E-state index contributed by atoms with van der Waals surface area (Å²) < 4.78 is 5.06. The molecule has 0 unspecified atom stereocenters. The van der Waals surface area contributed by atoms with Crippen molar-refractivity contribution in [1.29, 1.82) is 0 Å². The van der Waals surface area contributed by atoms with E-state index < -0.39 is 11.6 Å². The third-order valence-corrected chi connectivity index (χ3v) is 2.93. The number of carboxylic acids is 1. The smallest absolute Gasteiger partial charge is 0.335 e. The maximum absolute atomic E-state index is 11.7. The van der Waals surface area contributed by atoms with E-state index in [4.69, 9.17) is 9.84 Å². The quantitative estimate of drug-likeness (QED) is 0.816. The number of aromatic carboxylic acids is 1. The second kappa shape index (κ2) is 6.33. The van der Waals surface area contributed by atoms with Gasteiger partial charge in [-0.2, -0.15) is 0 Å². The Hall–Kier alpha value is -1.88. The fourth-order valence-corrected chi connectivity index (χ4v) is 1.49. The molecule has 0 spiro atoms. The van der Waals surface area contributed by atoms with Crippen molar-refractivity contribution < 1.29 is 19.4 Å². The average molecular weight is 265 g/mol. The van der Waals surface area contributed by atoms with Gasteiger partial charge in [0.15, 0.2) is 0 Å². The minimum Gasteiger partial charge on any atom is -0.478 e. The van der Waals surface area contributed by atoms with Crippen LogP contribution in [-0.2, 0) is 16.0 Å². The van der Waals surface area contributed by atoms with E-state index in [0.717, 1.165) is 5.56 Å². The summed E-state index contributed by atoms with van der Waals surface area (Å²) in [6.07, 6.45) is 0.576. The van der Waals surface area contributed by atoms with E-state index in [1.807, 2.05) is 6.07 Å². The standard InChI is InChI=1S/C14H19NO4/c1-14(2,19-3)13(18)15-8-7-10-5-4-6-11(9-10)12(16)17/h4-6,9H,7-8H2,1-3H3,(H,15,18)(H,16,17). The van der Waals surface area contributed by atoms with Crippen LogP contribution >= 0.6 is 0 Å². The molecule has 2 N–H and O–H groups in total. The highest BCUT2D eigenvalue weighted by Gasteiger charge is 2.26. The third-order valence-electron chi connectivity index (χ3n) is 2.93. The van der Waals surface area contributed by atoms with Crippen molar-refractivity contribution in [3.8, 4) is 0 Å². The molecular formula is C14H19NO4. The van der Waals surface area contributed by atoms with Crippen LogP contribution in [0.25, 0.3) is 0 Å². The number of amides is 1. The molecule has 0 atom stereocenters. The fraction of sp³-hybridized carbons (Fsp3) is 0.429. The van der Waals surface area contributed by atoms with E-state index in [-0.39, 0.29) is 11.5 Å². The molecule has 1 aromatic carbocycles. The largest absolute Gasteiger partial charge is 0.478 e. The number of nitrogens with one attached hydrogen (secondary N) is 1. The third kappa shape index (κ3) is 4.37. The fourth-order valence-electron chi connectivity index (χ4n) is 1.49. The summed E-state index contributed by atoms with van der Waals surface area (Å²) in [5, 5.41) is 11.6. The maximum atomic E-state index is 11.7. The van der Waals surface area contributed by atoms with Gasteiger partial charge in [0.2, 0.25) is 0 Å². The summed E-state index contributed by atoms with van der Waals surface area (Å²) >= 11 is 0. The van der Waals surface area contributed by atoms with Crippen molar-refractivity contribution in [3.63, 3.8) is 0 Å². The zero-order chi connectivity index (χ0) is 14.5. The van der Waals surface area contributed by atoms with Gasteiger partial charge < -0.3 is 15.2 Å². The highest BCUT2D eigenvalue weighted by molar-refractivity contribution is 5.87. The predicted octanol–water partition coefficient (Wildman–Crippen LogP) is 1.47. The summed E-state index contributed by atoms with van der Waals surface area (Å²) in [6.45, 7) is 3.81. The van der Waals surface area contributed by atoms with Gasteiger partial charge in [-0.3, -0.25) is 4.79 Å². The lowest BCUT2D eigenvalue weighted by Crippen LogP contribution is -2.44. The molecular weight excluding hydrogens is 246 g/mol. The number of carboxylic acid groups (broad SMARTS) is 1. The monoisotopic (exact) mass is 265 g/mol. The first-order valence-corrected chi connectivity index (χ1v) is 6.02. The number of benzene rings is 1. The molecule has 1 amide bonds. The van der Waals surface area contributed by atoms with E-state index in [1.54, 1.807) is 32.0 Å². The maximum Gasteiger partial charge on any atom is 0.335 e. The molecule has 104 valence electrons. The second-order valence-electron chi connectivity index (χ2n) is 4.73. The Morgan fingerprint density at radius 2 is 2.05 bits per heavy atom. The van der Waals surface area contributed by atoms with Crippen LogP contribution < -0.4 is 5.32 Å². The molecule has 0 aliphatic carbocycles. The Kier molecular flexibility index (Phi) is 5.06. The number of ether oxygens (including phenoxy) is 1. The molecule has 0 saturated carbocycles. The van der Waals surface area contributed by atoms with Gasteiger partial charge in [-0.15, -0.1) is 0 Å². The van der Waals surface area contributed by atoms with E-state index in [0.29, 0.717) is 13.0 Å². The number of carbonyl (C=O) groups is 2. The molecule has 1 rings (SSSR count). The van der Waals surface area contributed by atoms with Crippen LogP contribution in [0.4, 0.5) is 0 Å². The Bertz CT molecular complexity index is 468. The highest BCUT2D eigenvalue weighted by Crippen LogP contribution is 2.08. The molecule has 0 saturated heterocycles. The minimum absolute atomic E-state index is 0.190. The highest BCUT2D eigenvalue weighted by atomic mass is 16.5. The molecule has 0 aromatic heterocycles. The van der Waals surface area contributed by atoms with Crippen LogP contribution in [0.2, 0.25) is 0 Å². The van der Waals surface area contributed by atoms with Gasteiger partial charge in [-0.05, 0) is 38.0 Å². The molecule has 5 nitrogen and oxygen atoms in total. The summed E-state index contributed by atoms with van der Waals surface area (Å²) in [4.78, 5) is 22.6. The summed E-state index contributed by atoms with van der Waals surface area (Å²) in [5.74, 6) is -1.14. The van der Waals surface area contributed by atoms with Gasteiger partial charge in [0.25, 0.3) is 5.91 Å². The molecule has 19 heavy (non-hydrogen) atoms. The van der Waals surface area contributed by atoms with E-state index in [9.17, 15) is 9.59 Å². The topological polar surface area (TPSA) is 75.6 Å². The SMILES string of the molecule is COC(C)(C)C(=O)NCCc1cccc(C(=O)O)c1. The van der Waals surface area contributed by atoms with Gasteiger partial charge in [0.1, 0.15) is 5.60 Å². The lowest BCUT2D eigenvalue weighted by atomic mass is 10.1. The molecule has 0 heterocycles. The number of rotatable bonds is 6. The molecule has 0 aliphatic rings.